The number of alkyl halides is 3. The fourth-order valence-corrected chi connectivity index (χ4v) is 3.71. The lowest BCUT2D eigenvalue weighted by atomic mass is 10.2. The second-order valence-corrected chi connectivity index (χ2v) is 8.84. The van der Waals surface area contributed by atoms with E-state index in [1.807, 2.05) is 16.8 Å². The van der Waals surface area contributed by atoms with E-state index in [0.717, 1.165) is 30.8 Å². The summed E-state index contributed by atoms with van der Waals surface area (Å²) in [6.45, 7) is 3.73. The number of rotatable bonds is 6. The Bertz CT molecular complexity index is 1250. The highest BCUT2D eigenvalue weighted by molar-refractivity contribution is 6.04. The lowest BCUT2D eigenvalue weighted by molar-refractivity contribution is -0.192. The average Bonchev–Trinajstić information content (AvgIpc) is 3.62. The molecule has 0 spiro atoms. The van der Waals surface area contributed by atoms with Crippen molar-refractivity contribution in [1.82, 2.24) is 14.5 Å². The van der Waals surface area contributed by atoms with E-state index in [1.165, 1.54) is 25.0 Å². The van der Waals surface area contributed by atoms with Gasteiger partial charge < -0.3 is 24.6 Å². The van der Waals surface area contributed by atoms with Crippen molar-refractivity contribution in [3.05, 3.63) is 60.4 Å². The molecule has 1 amide bonds. The van der Waals surface area contributed by atoms with E-state index in [1.54, 1.807) is 24.5 Å². The number of anilines is 2. The SMILES string of the molecule is O=C(Nc1ccc(F)cc1)c1cc(-c2cnc(N3CCOCC3)nc2)cn1CC1CC1.O=C(O)C(F)(F)F. The number of morpholine rings is 1. The third-order valence-electron chi connectivity index (χ3n) is 5.89. The predicted octanol–water partition coefficient (Wildman–Crippen LogP) is 4.22. The summed E-state index contributed by atoms with van der Waals surface area (Å²) in [6, 6.07) is 7.64. The number of amides is 1. The molecule has 2 fully saturated rings. The zero-order chi connectivity index (χ0) is 27.3. The van der Waals surface area contributed by atoms with E-state index >= 15 is 0 Å². The van der Waals surface area contributed by atoms with Crippen molar-refractivity contribution in [2.45, 2.75) is 25.6 Å². The van der Waals surface area contributed by atoms with Crippen LogP contribution >= 0.6 is 0 Å². The van der Waals surface area contributed by atoms with Crippen LogP contribution < -0.4 is 10.2 Å². The molecule has 1 aromatic carbocycles. The van der Waals surface area contributed by atoms with Gasteiger partial charge in [0.25, 0.3) is 5.91 Å². The topological polar surface area (TPSA) is 110 Å². The summed E-state index contributed by atoms with van der Waals surface area (Å²) in [5.74, 6) is -2.01. The Labute approximate surface area is 215 Å². The first-order chi connectivity index (χ1) is 18.1. The van der Waals surface area contributed by atoms with Crippen molar-refractivity contribution in [2.24, 2.45) is 5.92 Å². The van der Waals surface area contributed by atoms with E-state index in [0.29, 0.717) is 36.5 Å². The lowest BCUT2D eigenvalue weighted by Crippen LogP contribution is -2.37. The van der Waals surface area contributed by atoms with Crippen LogP contribution in [0.25, 0.3) is 11.1 Å². The van der Waals surface area contributed by atoms with E-state index < -0.39 is 12.1 Å². The van der Waals surface area contributed by atoms with Crippen molar-refractivity contribution in [2.75, 3.05) is 36.5 Å². The number of aliphatic carboxylic acids is 1. The van der Waals surface area contributed by atoms with Crippen LogP contribution in [0.3, 0.4) is 0 Å². The van der Waals surface area contributed by atoms with Crippen LogP contribution in [0, 0.1) is 11.7 Å². The molecule has 3 heterocycles. The predicted molar refractivity (Wildman–Crippen MR) is 129 cm³/mol. The second kappa shape index (κ2) is 11.6. The number of carbonyl (C=O) groups excluding carboxylic acids is 1. The Morgan fingerprint density at radius 2 is 1.66 bits per heavy atom. The maximum absolute atomic E-state index is 13.2. The molecule has 9 nitrogen and oxygen atoms in total. The van der Waals surface area contributed by atoms with Crippen molar-refractivity contribution >= 4 is 23.5 Å². The lowest BCUT2D eigenvalue weighted by Gasteiger charge is -2.26. The first-order valence-corrected chi connectivity index (χ1v) is 11.8. The molecule has 0 radical (unpaired) electrons. The number of halogens is 4. The summed E-state index contributed by atoms with van der Waals surface area (Å²) in [6.07, 6.45) is 2.88. The van der Waals surface area contributed by atoms with Gasteiger partial charge in [0.2, 0.25) is 5.95 Å². The van der Waals surface area contributed by atoms with E-state index in [-0.39, 0.29) is 11.7 Å². The molecule has 2 aliphatic rings. The van der Waals surface area contributed by atoms with Crippen molar-refractivity contribution in [3.63, 3.8) is 0 Å². The minimum Gasteiger partial charge on any atom is -0.475 e. The normalized spacial score (nSPS) is 15.4. The number of nitrogens with zero attached hydrogens (tertiary/aromatic N) is 4. The summed E-state index contributed by atoms with van der Waals surface area (Å²) in [7, 11) is 0. The minimum absolute atomic E-state index is 0.218. The third kappa shape index (κ3) is 7.28. The van der Waals surface area contributed by atoms with E-state index in [4.69, 9.17) is 14.6 Å². The van der Waals surface area contributed by atoms with Gasteiger partial charge in [0.1, 0.15) is 11.5 Å². The second-order valence-electron chi connectivity index (χ2n) is 8.84. The highest BCUT2D eigenvalue weighted by Gasteiger charge is 2.38. The van der Waals surface area contributed by atoms with Gasteiger partial charge in [0.05, 0.1) is 13.2 Å². The molecule has 0 bridgehead atoms. The van der Waals surface area contributed by atoms with Crippen molar-refractivity contribution in [3.8, 4) is 11.1 Å². The molecule has 1 aliphatic heterocycles. The largest absolute Gasteiger partial charge is 0.490 e. The summed E-state index contributed by atoms with van der Waals surface area (Å²) >= 11 is 0. The van der Waals surface area contributed by atoms with Gasteiger partial charge in [-0.25, -0.2) is 19.2 Å². The molecule has 38 heavy (non-hydrogen) atoms. The van der Waals surface area contributed by atoms with Gasteiger partial charge in [-0.1, -0.05) is 0 Å². The molecule has 5 rings (SSSR count). The maximum Gasteiger partial charge on any atom is 0.490 e. The fourth-order valence-electron chi connectivity index (χ4n) is 3.71. The fraction of sp³-hybridized carbons (Fsp3) is 0.360. The van der Waals surface area contributed by atoms with Crippen LogP contribution in [0.5, 0.6) is 0 Å². The zero-order valence-corrected chi connectivity index (χ0v) is 20.1. The van der Waals surface area contributed by atoms with Gasteiger partial charge in [-0.15, -0.1) is 0 Å². The van der Waals surface area contributed by atoms with Gasteiger partial charge >= 0.3 is 12.1 Å². The van der Waals surface area contributed by atoms with Crippen LogP contribution in [0.15, 0.2) is 48.9 Å². The van der Waals surface area contributed by atoms with Gasteiger partial charge in [-0.3, -0.25) is 4.79 Å². The van der Waals surface area contributed by atoms with E-state index in [2.05, 4.69) is 20.2 Å². The maximum atomic E-state index is 13.2. The molecule has 13 heteroatoms. The molecule has 2 N–H and O–H groups in total. The zero-order valence-electron chi connectivity index (χ0n) is 20.1. The first kappa shape index (κ1) is 27.0. The molecular weight excluding hydrogens is 510 g/mol. The monoisotopic (exact) mass is 535 g/mol. The van der Waals surface area contributed by atoms with Gasteiger partial charge in [-0.05, 0) is 49.1 Å². The molecule has 3 aromatic rings. The Hall–Kier alpha value is -4.00. The first-order valence-electron chi connectivity index (χ1n) is 11.8. The number of aromatic nitrogens is 3. The van der Waals surface area contributed by atoms with E-state index in [9.17, 15) is 22.4 Å². The van der Waals surface area contributed by atoms with Crippen LogP contribution in [0.1, 0.15) is 23.3 Å². The number of carboxylic acid groups (broad SMARTS) is 1. The van der Waals surface area contributed by atoms with Gasteiger partial charge in [-0.2, -0.15) is 13.2 Å². The molecule has 1 aliphatic carbocycles. The van der Waals surface area contributed by atoms with Crippen LogP contribution in [0.4, 0.5) is 29.2 Å². The highest BCUT2D eigenvalue weighted by atomic mass is 19.4. The van der Waals surface area contributed by atoms with Crippen LogP contribution in [-0.2, 0) is 16.1 Å². The third-order valence-corrected chi connectivity index (χ3v) is 5.89. The Morgan fingerprint density at radius 1 is 1.05 bits per heavy atom. The summed E-state index contributed by atoms with van der Waals surface area (Å²) in [4.78, 5) is 33.0. The summed E-state index contributed by atoms with van der Waals surface area (Å²) < 4.78 is 52.3. The number of hydrogen-bond donors (Lipinski definition) is 2. The van der Waals surface area contributed by atoms with Crippen molar-refractivity contribution in [1.29, 1.82) is 0 Å². The van der Waals surface area contributed by atoms with Gasteiger partial charge in [0.15, 0.2) is 0 Å². The number of hydrogen-bond acceptors (Lipinski definition) is 6. The van der Waals surface area contributed by atoms with Crippen LogP contribution in [0.2, 0.25) is 0 Å². The Balaban J connectivity index is 0.000000426. The minimum atomic E-state index is -5.08. The number of nitrogens with one attached hydrogen (secondary N) is 1. The number of ether oxygens (including phenoxy) is 1. The number of carbonyl (C=O) groups is 2. The Kier molecular flexibility index (Phi) is 8.25. The summed E-state index contributed by atoms with van der Waals surface area (Å²) in [5.41, 5.74) is 2.90. The molecule has 0 unspecified atom stereocenters. The summed E-state index contributed by atoms with van der Waals surface area (Å²) in [5, 5.41) is 9.99. The molecule has 202 valence electrons. The molecule has 1 saturated carbocycles. The number of carboxylic acids is 1. The molecular formula is C25H25F4N5O4. The molecule has 1 saturated heterocycles. The smallest absolute Gasteiger partial charge is 0.475 e. The number of benzene rings is 1. The highest BCUT2D eigenvalue weighted by Crippen LogP contribution is 2.33. The molecule has 0 atom stereocenters. The van der Waals surface area contributed by atoms with Gasteiger partial charge in [0, 0.05) is 55.0 Å². The Morgan fingerprint density at radius 3 is 2.21 bits per heavy atom. The standard InChI is InChI=1S/C23H24FN5O2.C2HF3O2/c24-19-3-5-20(6-4-19)27-22(30)21-11-17(15-29(21)14-16-1-2-16)18-12-25-23(26-13-18)28-7-9-31-10-8-28;3-2(4,5)1(6)7/h3-6,11-13,15-16H,1-2,7-10,14H2,(H,27,30);(H,6,7). The van der Waals surface area contributed by atoms with Crippen molar-refractivity contribution < 1.29 is 37.0 Å². The van der Waals surface area contributed by atoms with Crippen LogP contribution in [-0.4, -0.2) is 64.0 Å². The average molecular weight is 535 g/mol. The molecule has 2 aromatic heterocycles. The quantitative estimate of drug-likeness (QED) is 0.455.